The minimum atomic E-state index is 0.698. The first-order valence-corrected chi connectivity index (χ1v) is 17.3. The number of para-hydroxylation sites is 2. The van der Waals surface area contributed by atoms with E-state index in [-0.39, 0.29) is 0 Å². The Morgan fingerprint density at radius 3 is 1.90 bits per heavy atom. The second-order valence-corrected chi connectivity index (χ2v) is 12.6. The SMILES string of the molecule is C=Cc1c(/C=C\C)c2ccccc2n1-c1cccc(-c2ccc3c(c2)c2c(-c4ccccc4)nc(-c4ccccc4)nc2n3-c2ccccc2)c1. The molecule has 9 rings (SSSR count). The normalized spacial score (nSPS) is 11.6. The van der Waals surface area contributed by atoms with Crippen LogP contribution < -0.4 is 0 Å². The van der Waals surface area contributed by atoms with E-state index in [1.165, 1.54) is 10.9 Å². The molecule has 0 saturated heterocycles. The quantitative estimate of drug-likeness (QED) is 0.171. The monoisotopic (exact) mass is 654 g/mol. The molecule has 4 heteroatoms. The van der Waals surface area contributed by atoms with Crippen molar-refractivity contribution in [1.29, 1.82) is 0 Å². The summed E-state index contributed by atoms with van der Waals surface area (Å²) in [6.45, 7) is 6.27. The number of hydrogen-bond acceptors (Lipinski definition) is 2. The molecule has 9 aromatic rings. The molecule has 0 radical (unpaired) electrons. The topological polar surface area (TPSA) is 35.6 Å². The Morgan fingerprint density at radius 2 is 1.16 bits per heavy atom. The fraction of sp³-hybridized carbons (Fsp3) is 0.0213. The zero-order chi connectivity index (χ0) is 34.3. The number of hydrogen-bond donors (Lipinski definition) is 0. The van der Waals surface area contributed by atoms with E-state index in [0.29, 0.717) is 5.82 Å². The highest BCUT2D eigenvalue weighted by Gasteiger charge is 2.22. The lowest BCUT2D eigenvalue weighted by atomic mass is 10.0. The largest absolute Gasteiger partial charge is 0.309 e. The average molecular weight is 655 g/mol. The summed E-state index contributed by atoms with van der Waals surface area (Å²) >= 11 is 0. The number of nitrogens with zero attached hydrogens (tertiary/aromatic N) is 4. The molecule has 0 unspecified atom stereocenters. The van der Waals surface area contributed by atoms with Crippen molar-refractivity contribution in [2.75, 3.05) is 0 Å². The summed E-state index contributed by atoms with van der Waals surface area (Å²) in [5.74, 6) is 0.698. The van der Waals surface area contributed by atoms with Gasteiger partial charge in [-0.1, -0.05) is 134 Å². The van der Waals surface area contributed by atoms with Crippen LogP contribution in [0.25, 0.3) is 90.1 Å². The molecule has 0 amide bonds. The van der Waals surface area contributed by atoms with Crippen molar-refractivity contribution in [1.82, 2.24) is 19.1 Å². The maximum absolute atomic E-state index is 5.30. The molecule has 0 atom stereocenters. The molecule has 242 valence electrons. The van der Waals surface area contributed by atoms with Crippen LogP contribution in [-0.4, -0.2) is 19.1 Å². The van der Waals surface area contributed by atoms with Gasteiger partial charge in [0, 0.05) is 38.8 Å². The van der Waals surface area contributed by atoms with Gasteiger partial charge < -0.3 is 4.57 Å². The van der Waals surface area contributed by atoms with E-state index < -0.39 is 0 Å². The standard InChI is InChI=1S/C47H34N4/c1-3-17-38-39-26-14-15-27-42(39)50(41(38)4-2)37-25-16-22-34(30-37)35-28-29-43-40(31-35)44-45(32-18-8-5-9-19-32)48-46(33-20-10-6-11-21-33)49-47(44)51(43)36-23-12-7-13-24-36/h3-31H,2H2,1H3/b17-3-. The van der Waals surface area contributed by atoms with Gasteiger partial charge in [0.1, 0.15) is 5.65 Å². The summed E-state index contributed by atoms with van der Waals surface area (Å²) in [6.07, 6.45) is 6.22. The van der Waals surface area contributed by atoms with E-state index in [0.717, 1.165) is 72.5 Å². The second kappa shape index (κ2) is 12.6. The van der Waals surface area contributed by atoms with Gasteiger partial charge in [0.25, 0.3) is 0 Å². The van der Waals surface area contributed by atoms with Crippen LogP contribution in [0.4, 0.5) is 0 Å². The molecule has 0 aliphatic rings. The minimum Gasteiger partial charge on any atom is -0.309 e. The molecule has 0 saturated carbocycles. The maximum atomic E-state index is 5.30. The summed E-state index contributed by atoms with van der Waals surface area (Å²) in [5, 5.41) is 3.33. The van der Waals surface area contributed by atoms with Crippen molar-refractivity contribution in [2.45, 2.75) is 6.92 Å². The minimum absolute atomic E-state index is 0.698. The molecule has 0 aliphatic carbocycles. The molecule has 0 spiro atoms. The molecule has 6 aromatic carbocycles. The van der Waals surface area contributed by atoms with Gasteiger partial charge in [0.05, 0.1) is 27.8 Å². The Morgan fingerprint density at radius 1 is 0.529 bits per heavy atom. The summed E-state index contributed by atoms with van der Waals surface area (Å²) in [7, 11) is 0. The summed E-state index contributed by atoms with van der Waals surface area (Å²) in [4.78, 5) is 10.6. The molecule has 0 N–H and O–H groups in total. The van der Waals surface area contributed by atoms with E-state index in [1.54, 1.807) is 0 Å². The molecule has 51 heavy (non-hydrogen) atoms. The molecular weight excluding hydrogens is 621 g/mol. The van der Waals surface area contributed by atoms with E-state index in [4.69, 9.17) is 9.97 Å². The summed E-state index contributed by atoms with van der Waals surface area (Å²) in [5.41, 5.74) is 12.7. The van der Waals surface area contributed by atoms with Gasteiger partial charge in [-0.15, -0.1) is 0 Å². The van der Waals surface area contributed by atoms with Crippen LogP contribution >= 0.6 is 0 Å². The fourth-order valence-electron chi connectivity index (χ4n) is 7.37. The number of aromatic nitrogens is 4. The zero-order valence-electron chi connectivity index (χ0n) is 28.2. The molecule has 0 fully saturated rings. The molecule has 0 bridgehead atoms. The smallest absolute Gasteiger partial charge is 0.162 e. The molecule has 3 aromatic heterocycles. The molecule has 3 heterocycles. The lowest BCUT2D eigenvalue weighted by molar-refractivity contribution is 1.11. The average Bonchev–Trinajstić information content (AvgIpc) is 3.70. The van der Waals surface area contributed by atoms with Crippen LogP contribution in [0.2, 0.25) is 0 Å². The van der Waals surface area contributed by atoms with Crippen LogP contribution in [-0.2, 0) is 0 Å². The lowest BCUT2D eigenvalue weighted by Gasteiger charge is -2.12. The Balaban J connectivity index is 1.31. The summed E-state index contributed by atoms with van der Waals surface area (Å²) in [6, 6.07) is 55.3. The Labute approximate surface area is 296 Å². The zero-order valence-corrected chi connectivity index (χ0v) is 28.2. The van der Waals surface area contributed by atoms with Crippen LogP contribution in [0.3, 0.4) is 0 Å². The predicted octanol–water partition coefficient (Wildman–Crippen LogP) is 12.2. The Hall–Kier alpha value is -6.78. The molecule has 4 nitrogen and oxygen atoms in total. The highest BCUT2D eigenvalue weighted by atomic mass is 15.1. The van der Waals surface area contributed by atoms with Gasteiger partial charge in [-0.25, -0.2) is 9.97 Å². The predicted molar refractivity (Wildman–Crippen MR) is 214 cm³/mol. The van der Waals surface area contributed by atoms with Crippen LogP contribution in [0.5, 0.6) is 0 Å². The maximum Gasteiger partial charge on any atom is 0.162 e. The van der Waals surface area contributed by atoms with Crippen molar-refractivity contribution in [3.05, 3.63) is 182 Å². The first kappa shape index (κ1) is 30.3. The molecular formula is C47H34N4. The number of allylic oxidation sites excluding steroid dienone is 1. The second-order valence-electron chi connectivity index (χ2n) is 12.6. The van der Waals surface area contributed by atoms with Gasteiger partial charge in [-0.05, 0) is 66.6 Å². The van der Waals surface area contributed by atoms with Crippen LogP contribution in [0.15, 0.2) is 170 Å². The Bertz CT molecular complexity index is 2750. The third kappa shape index (κ3) is 5.08. The summed E-state index contributed by atoms with van der Waals surface area (Å²) < 4.78 is 4.59. The van der Waals surface area contributed by atoms with Crippen LogP contribution in [0, 0.1) is 0 Å². The van der Waals surface area contributed by atoms with E-state index in [2.05, 4.69) is 168 Å². The van der Waals surface area contributed by atoms with E-state index >= 15 is 0 Å². The highest BCUT2D eigenvalue weighted by molar-refractivity contribution is 6.15. The van der Waals surface area contributed by atoms with E-state index in [1.807, 2.05) is 30.3 Å². The fourth-order valence-corrected chi connectivity index (χ4v) is 7.37. The first-order valence-electron chi connectivity index (χ1n) is 17.3. The highest BCUT2D eigenvalue weighted by Crippen LogP contribution is 2.40. The number of rotatable bonds is 7. The number of benzene rings is 6. The Kier molecular flexibility index (Phi) is 7.48. The number of fused-ring (bicyclic) bond motifs is 4. The molecule has 0 aliphatic heterocycles. The third-order valence-corrected chi connectivity index (χ3v) is 9.62. The van der Waals surface area contributed by atoms with Gasteiger partial charge in [-0.3, -0.25) is 4.57 Å². The van der Waals surface area contributed by atoms with Crippen molar-refractivity contribution in [2.24, 2.45) is 0 Å². The van der Waals surface area contributed by atoms with Gasteiger partial charge >= 0.3 is 0 Å². The van der Waals surface area contributed by atoms with Gasteiger partial charge in [0.15, 0.2) is 5.82 Å². The van der Waals surface area contributed by atoms with Crippen molar-refractivity contribution < 1.29 is 0 Å². The van der Waals surface area contributed by atoms with Crippen molar-refractivity contribution in [3.63, 3.8) is 0 Å². The van der Waals surface area contributed by atoms with Crippen molar-refractivity contribution >= 4 is 45.0 Å². The van der Waals surface area contributed by atoms with Gasteiger partial charge in [-0.2, -0.15) is 0 Å². The van der Waals surface area contributed by atoms with Gasteiger partial charge in [0.2, 0.25) is 0 Å². The van der Waals surface area contributed by atoms with Crippen molar-refractivity contribution in [3.8, 4) is 45.1 Å². The first-order chi connectivity index (χ1) is 25.2. The third-order valence-electron chi connectivity index (χ3n) is 9.62. The van der Waals surface area contributed by atoms with Crippen LogP contribution in [0.1, 0.15) is 18.2 Å². The lowest BCUT2D eigenvalue weighted by Crippen LogP contribution is -1.99. The van der Waals surface area contributed by atoms with E-state index in [9.17, 15) is 0 Å².